The molecule has 5 heteroatoms. The van der Waals surface area contributed by atoms with Gasteiger partial charge in [-0.15, -0.1) is 0 Å². The lowest BCUT2D eigenvalue weighted by Gasteiger charge is -2.09. The van der Waals surface area contributed by atoms with Crippen LogP contribution in [-0.4, -0.2) is 12.5 Å². The average molecular weight is 370 g/mol. The maximum Gasteiger partial charge on any atom is 0.258 e. The van der Waals surface area contributed by atoms with Crippen LogP contribution in [-0.2, 0) is 24.2 Å². The lowest BCUT2D eigenvalue weighted by atomic mass is 9.96. The number of fused-ring (bicyclic) bond motifs is 3. The first kappa shape index (κ1) is 17.0. The zero-order chi connectivity index (χ0) is 17.9. The Morgan fingerprint density at radius 1 is 1.12 bits per heavy atom. The molecule has 26 heavy (non-hydrogen) atoms. The molecule has 0 radical (unpaired) electrons. The normalized spacial score (nSPS) is 13.4. The fraction of sp³-hybridized carbons (Fsp3) is 0.286. The van der Waals surface area contributed by atoms with E-state index < -0.39 is 0 Å². The fourth-order valence-corrected chi connectivity index (χ4v) is 3.46. The number of carbonyl (C=O) groups is 1. The summed E-state index contributed by atoms with van der Waals surface area (Å²) in [5, 5.41) is 4.64. The predicted molar refractivity (Wildman–Crippen MR) is 102 cm³/mol. The Labute approximate surface area is 157 Å². The molecule has 134 valence electrons. The van der Waals surface area contributed by atoms with Crippen LogP contribution in [0.2, 0.25) is 5.02 Å². The number of halogens is 1. The molecule has 4 rings (SSSR count). The van der Waals surface area contributed by atoms with Crippen LogP contribution in [0.1, 0.15) is 29.7 Å². The molecule has 0 aliphatic heterocycles. The number of amides is 1. The predicted octanol–water partition coefficient (Wildman–Crippen LogP) is 4.66. The molecule has 2 aromatic carbocycles. The number of rotatable bonds is 5. The number of carbonyl (C=O) groups excluding carboxylic acids is 1. The van der Waals surface area contributed by atoms with Gasteiger partial charge in [-0.3, -0.25) is 4.79 Å². The third-order valence-electron chi connectivity index (χ3n) is 4.70. The van der Waals surface area contributed by atoms with E-state index in [1.165, 1.54) is 18.4 Å². The summed E-state index contributed by atoms with van der Waals surface area (Å²) in [6, 6.07) is 13.1. The van der Waals surface area contributed by atoms with E-state index in [1.807, 2.05) is 30.3 Å². The molecule has 0 saturated carbocycles. The summed E-state index contributed by atoms with van der Waals surface area (Å²) >= 11 is 5.86. The lowest BCUT2D eigenvalue weighted by Crippen LogP contribution is -2.28. The molecule has 0 saturated heterocycles. The third kappa shape index (κ3) is 3.70. The Morgan fingerprint density at radius 3 is 2.77 bits per heavy atom. The van der Waals surface area contributed by atoms with Crippen LogP contribution >= 0.6 is 11.6 Å². The molecule has 1 N–H and O–H groups in total. The number of furan rings is 1. The molecule has 3 aromatic rings. The monoisotopic (exact) mass is 369 g/mol. The summed E-state index contributed by atoms with van der Waals surface area (Å²) in [6.07, 6.45) is 4.43. The second-order valence-corrected chi connectivity index (χ2v) is 7.00. The molecular weight excluding hydrogens is 350 g/mol. The summed E-state index contributed by atoms with van der Waals surface area (Å²) < 4.78 is 11.6. The van der Waals surface area contributed by atoms with Crippen LogP contribution in [0.4, 0.5) is 0 Å². The number of hydrogen-bond acceptors (Lipinski definition) is 3. The van der Waals surface area contributed by atoms with Gasteiger partial charge in [-0.25, -0.2) is 0 Å². The van der Waals surface area contributed by atoms with Crippen molar-refractivity contribution in [3.8, 4) is 5.75 Å². The standard InChI is InChI=1S/C21H20ClNO3/c22-15-7-5-14(6-8-15)12-23-21(24)13-25-16-9-10-20-18(11-16)17-3-1-2-4-19(17)26-20/h5-11H,1-4,12-13H2,(H,23,24). The highest BCUT2D eigenvalue weighted by Crippen LogP contribution is 2.33. The Balaban J connectivity index is 1.36. The van der Waals surface area contributed by atoms with E-state index in [-0.39, 0.29) is 12.5 Å². The number of benzene rings is 2. The zero-order valence-electron chi connectivity index (χ0n) is 14.4. The maximum atomic E-state index is 12.0. The van der Waals surface area contributed by atoms with E-state index in [1.54, 1.807) is 12.1 Å². The fourth-order valence-electron chi connectivity index (χ4n) is 3.33. The Hall–Kier alpha value is -2.46. The van der Waals surface area contributed by atoms with Crippen LogP contribution in [0.3, 0.4) is 0 Å². The Bertz CT molecular complexity index is 930. The molecule has 1 aromatic heterocycles. The molecule has 0 bridgehead atoms. The van der Waals surface area contributed by atoms with Gasteiger partial charge in [0.25, 0.3) is 5.91 Å². The molecule has 1 aliphatic carbocycles. The molecule has 1 amide bonds. The average Bonchev–Trinajstić information content (AvgIpc) is 3.04. The van der Waals surface area contributed by atoms with Crippen molar-refractivity contribution < 1.29 is 13.9 Å². The summed E-state index contributed by atoms with van der Waals surface area (Å²) in [6.45, 7) is 0.437. The van der Waals surface area contributed by atoms with Crippen LogP contribution in [0.25, 0.3) is 11.0 Å². The highest BCUT2D eigenvalue weighted by Gasteiger charge is 2.18. The minimum atomic E-state index is -0.158. The van der Waals surface area contributed by atoms with Crippen molar-refractivity contribution in [1.29, 1.82) is 0 Å². The second-order valence-electron chi connectivity index (χ2n) is 6.56. The number of ether oxygens (including phenoxy) is 1. The van der Waals surface area contributed by atoms with E-state index >= 15 is 0 Å². The van der Waals surface area contributed by atoms with E-state index in [0.29, 0.717) is 17.3 Å². The van der Waals surface area contributed by atoms with Crippen molar-refractivity contribution in [2.75, 3.05) is 6.61 Å². The highest BCUT2D eigenvalue weighted by atomic mass is 35.5. The minimum Gasteiger partial charge on any atom is -0.484 e. The van der Waals surface area contributed by atoms with Gasteiger partial charge in [-0.1, -0.05) is 23.7 Å². The van der Waals surface area contributed by atoms with Gasteiger partial charge in [0.2, 0.25) is 0 Å². The van der Waals surface area contributed by atoms with E-state index in [0.717, 1.165) is 35.1 Å². The number of nitrogens with one attached hydrogen (secondary N) is 1. The summed E-state index contributed by atoms with van der Waals surface area (Å²) in [5.74, 6) is 1.63. The van der Waals surface area contributed by atoms with E-state index in [4.69, 9.17) is 20.8 Å². The van der Waals surface area contributed by atoms with Crippen LogP contribution < -0.4 is 10.1 Å². The topological polar surface area (TPSA) is 51.5 Å². The SMILES string of the molecule is O=C(COc1ccc2oc3c(c2c1)CCCC3)NCc1ccc(Cl)cc1. The summed E-state index contributed by atoms with van der Waals surface area (Å²) in [7, 11) is 0. The lowest BCUT2D eigenvalue weighted by molar-refractivity contribution is -0.123. The van der Waals surface area contributed by atoms with Gasteiger partial charge in [0.05, 0.1) is 0 Å². The quantitative estimate of drug-likeness (QED) is 0.711. The molecule has 1 aliphatic rings. The van der Waals surface area contributed by atoms with Crippen LogP contribution in [0.15, 0.2) is 46.9 Å². The van der Waals surface area contributed by atoms with Crippen molar-refractivity contribution in [1.82, 2.24) is 5.32 Å². The van der Waals surface area contributed by atoms with Gasteiger partial charge >= 0.3 is 0 Å². The van der Waals surface area contributed by atoms with Crippen LogP contribution in [0.5, 0.6) is 5.75 Å². The van der Waals surface area contributed by atoms with Gasteiger partial charge in [0, 0.05) is 28.9 Å². The number of hydrogen-bond donors (Lipinski definition) is 1. The molecular formula is C21H20ClNO3. The maximum absolute atomic E-state index is 12.0. The summed E-state index contributed by atoms with van der Waals surface area (Å²) in [5.41, 5.74) is 3.19. The third-order valence-corrected chi connectivity index (χ3v) is 4.95. The van der Waals surface area contributed by atoms with Crippen molar-refractivity contribution in [2.24, 2.45) is 0 Å². The molecule has 0 fully saturated rings. The van der Waals surface area contributed by atoms with Gasteiger partial charge in [-0.2, -0.15) is 0 Å². The first-order chi connectivity index (χ1) is 12.7. The van der Waals surface area contributed by atoms with Gasteiger partial charge in [0.1, 0.15) is 17.1 Å². The van der Waals surface area contributed by atoms with Gasteiger partial charge in [-0.05, 0) is 55.2 Å². The van der Waals surface area contributed by atoms with E-state index in [2.05, 4.69) is 5.32 Å². The minimum absolute atomic E-state index is 0.0147. The molecule has 1 heterocycles. The molecule has 0 unspecified atom stereocenters. The van der Waals surface area contributed by atoms with E-state index in [9.17, 15) is 4.79 Å². The molecule has 0 spiro atoms. The molecule has 0 atom stereocenters. The Kier molecular flexibility index (Phi) is 4.85. The van der Waals surface area contributed by atoms with Crippen molar-refractivity contribution in [3.63, 3.8) is 0 Å². The van der Waals surface area contributed by atoms with Crippen molar-refractivity contribution in [3.05, 3.63) is 64.4 Å². The van der Waals surface area contributed by atoms with Gasteiger partial charge < -0.3 is 14.5 Å². The first-order valence-corrected chi connectivity index (χ1v) is 9.25. The summed E-state index contributed by atoms with van der Waals surface area (Å²) in [4.78, 5) is 12.0. The van der Waals surface area contributed by atoms with Gasteiger partial charge in [0.15, 0.2) is 6.61 Å². The van der Waals surface area contributed by atoms with Crippen molar-refractivity contribution in [2.45, 2.75) is 32.2 Å². The smallest absolute Gasteiger partial charge is 0.258 e. The number of aryl methyl sites for hydroxylation is 2. The zero-order valence-corrected chi connectivity index (χ0v) is 15.1. The highest BCUT2D eigenvalue weighted by molar-refractivity contribution is 6.30. The Morgan fingerprint density at radius 2 is 1.92 bits per heavy atom. The largest absolute Gasteiger partial charge is 0.484 e. The second kappa shape index (κ2) is 7.42. The van der Waals surface area contributed by atoms with Crippen molar-refractivity contribution >= 4 is 28.5 Å². The van der Waals surface area contributed by atoms with Crippen LogP contribution in [0, 0.1) is 0 Å². The molecule has 4 nitrogen and oxygen atoms in total. The first-order valence-electron chi connectivity index (χ1n) is 8.87.